The molecule has 2 rings (SSSR count). The number of hydrogen-bond acceptors (Lipinski definition) is 6. The molecule has 45 heavy (non-hydrogen) atoms. The van der Waals surface area contributed by atoms with Crippen LogP contribution in [0.3, 0.4) is 0 Å². The number of rotatable bonds is 15. The minimum Gasteiger partial charge on any atom is -0.473 e. The molecule has 2 unspecified atom stereocenters. The Morgan fingerprint density at radius 3 is 2.20 bits per heavy atom. The average Bonchev–Trinajstić information content (AvgIpc) is 3.32. The van der Waals surface area contributed by atoms with E-state index in [1.165, 1.54) is 11.1 Å². The van der Waals surface area contributed by atoms with Gasteiger partial charge in [-0.1, -0.05) is 64.8 Å². The molecule has 0 saturated heterocycles. The zero-order chi connectivity index (χ0) is 34.4. The topological polar surface area (TPSA) is 69.9 Å². The fourth-order valence-corrected chi connectivity index (χ4v) is 7.52. The van der Waals surface area contributed by atoms with Crippen molar-refractivity contribution in [1.29, 1.82) is 5.26 Å². The van der Waals surface area contributed by atoms with Crippen molar-refractivity contribution in [3.63, 3.8) is 0 Å². The molecule has 0 radical (unpaired) electrons. The number of ether oxygens (including phenoxy) is 3. The molecule has 6 nitrogen and oxygen atoms in total. The van der Waals surface area contributed by atoms with Crippen molar-refractivity contribution in [3.05, 3.63) is 46.8 Å². The monoisotopic (exact) mass is 659 g/mol. The van der Waals surface area contributed by atoms with Crippen LogP contribution in [0.25, 0.3) is 0 Å². The average molecular weight is 660 g/mol. The summed E-state index contributed by atoms with van der Waals surface area (Å²) in [6.45, 7) is 34.0. The normalized spacial score (nSPS) is 23.2. The smallest absolute Gasteiger partial charge is 0.197 e. The van der Waals surface area contributed by atoms with E-state index in [0.29, 0.717) is 19.6 Å². The van der Waals surface area contributed by atoms with E-state index >= 15 is 0 Å². The van der Waals surface area contributed by atoms with E-state index in [1.54, 1.807) is 0 Å². The van der Waals surface area contributed by atoms with Gasteiger partial charge >= 0.3 is 0 Å². The Hall–Kier alpha value is -1.48. The Bertz CT molecular complexity index is 1160. The molecular weight excluding hydrogens is 595 g/mol. The highest BCUT2D eigenvalue weighted by molar-refractivity contribution is 6.74. The van der Waals surface area contributed by atoms with Crippen molar-refractivity contribution in [3.8, 4) is 6.07 Å². The SMILES string of the molecule is CCOC(C)OC(C#N)(/C=C(\C)CCC=C(C)C)CC1=CO[C@@H](O[Si](C)(C)C(C)(C)C)[C@@H]2C(CO[Si](C)(C)C(C)(C)C)=CC[C@H]12. The van der Waals surface area contributed by atoms with E-state index < -0.39 is 34.8 Å². The fraction of sp³-hybridized carbons (Fsp3) is 0.757. The first-order chi connectivity index (χ1) is 20.6. The van der Waals surface area contributed by atoms with Crippen molar-refractivity contribution >= 4 is 16.6 Å². The lowest BCUT2D eigenvalue weighted by Gasteiger charge is -2.44. The predicted octanol–water partition coefficient (Wildman–Crippen LogP) is 10.6. The predicted molar refractivity (Wildman–Crippen MR) is 192 cm³/mol. The lowest BCUT2D eigenvalue weighted by molar-refractivity contribution is -0.168. The van der Waals surface area contributed by atoms with Crippen molar-refractivity contribution in [2.24, 2.45) is 11.8 Å². The lowest BCUT2D eigenvalue weighted by atomic mass is 9.78. The van der Waals surface area contributed by atoms with Gasteiger partial charge in [0.1, 0.15) is 6.07 Å². The molecule has 0 amide bonds. The third-order valence-electron chi connectivity index (χ3n) is 10.2. The molecule has 0 spiro atoms. The van der Waals surface area contributed by atoms with Crippen LogP contribution in [0.2, 0.25) is 36.3 Å². The molecule has 1 aliphatic heterocycles. The second-order valence-electron chi connectivity index (χ2n) is 16.4. The van der Waals surface area contributed by atoms with Gasteiger partial charge in [0.05, 0.1) is 18.8 Å². The van der Waals surface area contributed by atoms with Crippen LogP contribution in [-0.4, -0.2) is 48.0 Å². The van der Waals surface area contributed by atoms with Gasteiger partial charge < -0.3 is 23.1 Å². The Morgan fingerprint density at radius 1 is 1.04 bits per heavy atom. The Labute approximate surface area is 278 Å². The van der Waals surface area contributed by atoms with Crippen LogP contribution in [-0.2, 0) is 23.1 Å². The maximum Gasteiger partial charge on any atom is 0.197 e. The number of fused-ring (bicyclic) bond motifs is 1. The maximum atomic E-state index is 10.7. The van der Waals surface area contributed by atoms with E-state index in [0.717, 1.165) is 30.4 Å². The van der Waals surface area contributed by atoms with Gasteiger partial charge in [-0.2, -0.15) is 5.26 Å². The van der Waals surface area contributed by atoms with Crippen LogP contribution in [0, 0.1) is 23.2 Å². The Balaban J connectivity index is 2.50. The van der Waals surface area contributed by atoms with Gasteiger partial charge in [-0.25, -0.2) is 0 Å². The standard InChI is InChI=1S/C37H65NO5Si2/c1-16-39-29(5)42-37(26-38,22-28(4)19-17-18-27(2)3)23-31-24-40-34(43-45(14,15)36(9,10)11)33-30(20-21-32(31)33)25-41-44(12,13)35(6,7)8/h18,20,22,24,29,32-34H,16-17,19,21,23,25H2,1-15H3/b28-22+/t29?,32-,33-,34+,37?/m1/s1. The quantitative estimate of drug-likeness (QED) is 0.0990. The van der Waals surface area contributed by atoms with Crippen molar-refractivity contribution in [2.45, 2.75) is 156 Å². The van der Waals surface area contributed by atoms with Crippen LogP contribution >= 0.6 is 0 Å². The second kappa shape index (κ2) is 15.6. The first kappa shape index (κ1) is 39.7. The highest BCUT2D eigenvalue weighted by Gasteiger charge is 2.49. The molecule has 1 heterocycles. The number of nitriles is 1. The maximum absolute atomic E-state index is 10.7. The summed E-state index contributed by atoms with van der Waals surface area (Å²) in [5.74, 6) is 0.164. The highest BCUT2D eigenvalue weighted by Crippen LogP contribution is 2.49. The highest BCUT2D eigenvalue weighted by atomic mass is 28.4. The first-order valence-corrected chi connectivity index (χ1v) is 22.8. The molecular formula is C37H65NO5Si2. The molecule has 0 aromatic rings. The fourth-order valence-electron chi connectivity index (χ4n) is 5.42. The molecule has 0 saturated carbocycles. The van der Waals surface area contributed by atoms with Gasteiger partial charge in [0.2, 0.25) is 0 Å². The van der Waals surface area contributed by atoms with Crippen molar-refractivity contribution in [1.82, 2.24) is 0 Å². The Kier molecular flexibility index (Phi) is 13.8. The first-order valence-electron chi connectivity index (χ1n) is 17.0. The summed E-state index contributed by atoms with van der Waals surface area (Å²) in [5.41, 5.74) is 3.56. The summed E-state index contributed by atoms with van der Waals surface area (Å²) >= 11 is 0. The molecule has 0 N–H and O–H groups in total. The molecule has 256 valence electrons. The van der Waals surface area contributed by atoms with Gasteiger partial charge in [0.15, 0.2) is 34.8 Å². The van der Waals surface area contributed by atoms with Crippen LogP contribution in [0.1, 0.15) is 102 Å². The zero-order valence-electron chi connectivity index (χ0n) is 31.3. The number of allylic oxidation sites excluding steroid dienone is 4. The molecule has 0 bridgehead atoms. The second-order valence-corrected chi connectivity index (χ2v) is 26.0. The van der Waals surface area contributed by atoms with Crippen LogP contribution in [0.15, 0.2) is 46.8 Å². The van der Waals surface area contributed by atoms with Gasteiger partial charge in [-0.15, -0.1) is 0 Å². The third-order valence-corrected chi connectivity index (χ3v) is 19.2. The molecule has 0 fully saturated rings. The van der Waals surface area contributed by atoms with Crippen molar-refractivity contribution < 1.29 is 23.1 Å². The summed E-state index contributed by atoms with van der Waals surface area (Å²) in [7, 11) is -4.11. The van der Waals surface area contributed by atoms with Gasteiger partial charge in [0, 0.05) is 13.0 Å². The third kappa shape index (κ3) is 10.8. The molecule has 2 aliphatic rings. The van der Waals surface area contributed by atoms with E-state index in [2.05, 4.69) is 107 Å². The minimum atomic E-state index is -2.14. The van der Waals surface area contributed by atoms with Crippen LogP contribution in [0.5, 0.6) is 0 Å². The summed E-state index contributed by atoms with van der Waals surface area (Å²) in [6.07, 6.45) is 10.6. The van der Waals surface area contributed by atoms with E-state index in [1.807, 2.05) is 26.2 Å². The summed E-state index contributed by atoms with van der Waals surface area (Å²) in [6, 6.07) is 2.55. The molecule has 5 atom stereocenters. The number of hydrogen-bond donors (Lipinski definition) is 0. The van der Waals surface area contributed by atoms with Crippen LogP contribution in [0.4, 0.5) is 0 Å². The van der Waals surface area contributed by atoms with E-state index in [4.69, 9.17) is 23.1 Å². The van der Waals surface area contributed by atoms with E-state index in [9.17, 15) is 5.26 Å². The van der Waals surface area contributed by atoms with Gasteiger partial charge in [0.25, 0.3) is 0 Å². The number of nitrogens with zero attached hydrogens (tertiary/aromatic N) is 1. The largest absolute Gasteiger partial charge is 0.473 e. The Morgan fingerprint density at radius 2 is 1.67 bits per heavy atom. The zero-order valence-corrected chi connectivity index (χ0v) is 33.3. The summed E-state index contributed by atoms with van der Waals surface area (Å²) < 4.78 is 32.5. The summed E-state index contributed by atoms with van der Waals surface area (Å²) in [5, 5.41) is 10.9. The lowest BCUT2D eigenvalue weighted by Crippen LogP contribution is -2.49. The van der Waals surface area contributed by atoms with Crippen molar-refractivity contribution in [2.75, 3.05) is 13.2 Å². The van der Waals surface area contributed by atoms with Gasteiger partial charge in [-0.05, 0) is 113 Å². The van der Waals surface area contributed by atoms with E-state index in [-0.39, 0.29) is 21.9 Å². The molecule has 0 aromatic heterocycles. The summed E-state index contributed by atoms with van der Waals surface area (Å²) in [4.78, 5) is 0. The molecule has 8 heteroatoms. The molecule has 1 aliphatic carbocycles. The minimum absolute atomic E-state index is 0.0207. The van der Waals surface area contributed by atoms with Crippen LogP contribution < -0.4 is 0 Å². The molecule has 0 aromatic carbocycles. The van der Waals surface area contributed by atoms with Gasteiger partial charge in [-0.3, -0.25) is 0 Å².